The summed E-state index contributed by atoms with van der Waals surface area (Å²) >= 11 is 0. The molecule has 0 saturated carbocycles. The van der Waals surface area contributed by atoms with Gasteiger partial charge < -0.3 is 14.8 Å². The lowest BCUT2D eigenvalue weighted by Gasteiger charge is -2.21. The van der Waals surface area contributed by atoms with Gasteiger partial charge in [-0.05, 0) is 36.8 Å². The topological polar surface area (TPSA) is 80.7 Å². The molecule has 10 heteroatoms. The molecule has 3 aromatic rings. The van der Waals surface area contributed by atoms with Crippen LogP contribution in [0.1, 0.15) is 22.7 Å². The molecule has 2 heterocycles. The van der Waals surface area contributed by atoms with Gasteiger partial charge in [0.2, 0.25) is 0 Å². The van der Waals surface area contributed by atoms with Crippen LogP contribution >= 0.6 is 0 Å². The second-order valence-electron chi connectivity index (χ2n) is 8.87. The van der Waals surface area contributed by atoms with Crippen molar-refractivity contribution >= 4 is 11.8 Å². The van der Waals surface area contributed by atoms with E-state index in [1.807, 2.05) is 37.3 Å². The van der Waals surface area contributed by atoms with Crippen LogP contribution in [-0.2, 0) is 16.1 Å². The van der Waals surface area contributed by atoms with Crippen molar-refractivity contribution in [2.24, 2.45) is 0 Å². The van der Waals surface area contributed by atoms with Gasteiger partial charge in [0, 0.05) is 51.4 Å². The summed E-state index contributed by atoms with van der Waals surface area (Å²) in [7, 11) is 3.21. The first-order chi connectivity index (χ1) is 17.4. The molecule has 2 amide bonds. The summed E-state index contributed by atoms with van der Waals surface area (Å²) in [6.07, 6.45) is 0. The standard InChI is InChI=1S/C26H31F2N5O3/c1-17-24(16-36-3)31-33(21-7-5-4-6-8-21)25(17)30-26(34)29-23-15-32(9-10-35-2)14-22(23)18-11-19(27)13-20(28)12-18/h4-8,11-13,22-23H,9-10,14-16H2,1-3H3,(H2,29,30,34)/t22-,23+/m0/s1. The van der Waals surface area contributed by atoms with E-state index in [2.05, 4.69) is 20.6 Å². The maximum atomic E-state index is 14.0. The number of urea groups is 1. The molecule has 2 N–H and O–H groups in total. The van der Waals surface area contributed by atoms with Gasteiger partial charge in [-0.3, -0.25) is 10.2 Å². The van der Waals surface area contributed by atoms with E-state index < -0.39 is 17.7 Å². The number of carbonyl (C=O) groups is 1. The van der Waals surface area contributed by atoms with E-state index in [-0.39, 0.29) is 12.0 Å². The van der Waals surface area contributed by atoms with Crippen molar-refractivity contribution in [3.63, 3.8) is 0 Å². The Balaban J connectivity index is 1.57. The summed E-state index contributed by atoms with van der Waals surface area (Å²) in [5, 5.41) is 10.6. The van der Waals surface area contributed by atoms with Gasteiger partial charge in [-0.25, -0.2) is 18.3 Å². The number of nitrogens with zero attached hydrogens (tertiary/aromatic N) is 3. The zero-order valence-electron chi connectivity index (χ0n) is 20.6. The molecule has 2 atom stereocenters. The Bertz CT molecular complexity index is 1170. The lowest BCUT2D eigenvalue weighted by molar-refractivity contribution is 0.159. The predicted molar refractivity (Wildman–Crippen MR) is 132 cm³/mol. The fraction of sp³-hybridized carbons (Fsp3) is 0.385. The number of hydrogen-bond acceptors (Lipinski definition) is 5. The second kappa shape index (κ2) is 11.6. The Morgan fingerprint density at radius 1 is 1.08 bits per heavy atom. The number of aromatic nitrogens is 2. The highest BCUT2D eigenvalue weighted by Crippen LogP contribution is 2.29. The van der Waals surface area contributed by atoms with Gasteiger partial charge in [0.1, 0.15) is 17.5 Å². The van der Waals surface area contributed by atoms with Crippen LogP contribution in [0.5, 0.6) is 0 Å². The third-order valence-corrected chi connectivity index (χ3v) is 6.37. The average Bonchev–Trinajstić information content (AvgIpc) is 3.39. The monoisotopic (exact) mass is 499 g/mol. The molecular formula is C26H31F2N5O3. The lowest BCUT2D eigenvalue weighted by atomic mass is 9.94. The van der Waals surface area contributed by atoms with E-state index in [9.17, 15) is 13.6 Å². The maximum absolute atomic E-state index is 14.0. The SMILES string of the molecule is COCCN1C[C@@H](NC(=O)Nc2c(C)c(COC)nn2-c2ccccc2)[C@H](c2cc(F)cc(F)c2)C1. The molecule has 1 saturated heterocycles. The first-order valence-electron chi connectivity index (χ1n) is 11.8. The molecule has 1 fully saturated rings. The van der Waals surface area contributed by atoms with E-state index in [1.165, 1.54) is 12.1 Å². The fourth-order valence-electron chi connectivity index (χ4n) is 4.59. The number of carbonyl (C=O) groups excluding carboxylic acids is 1. The largest absolute Gasteiger partial charge is 0.383 e. The molecule has 36 heavy (non-hydrogen) atoms. The molecule has 192 valence electrons. The third-order valence-electron chi connectivity index (χ3n) is 6.37. The molecule has 1 aliphatic heterocycles. The Kier molecular flexibility index (Phi) is 8.29. The highest BCUT2D eigenvalue weighted by Gasteiger charge is 2.35. The van der Waals surface area contributed by atoms with Gasteiger partial charge in [0.25, 0.3) is 0 Å². The van der Waals surface area contributed by atoms with Crippen molar-refractivity contribution in [2.75, 3.05) is 45.8 Å². The first-order valence-corrected chi connectivity index (χ1v) is 11.8. The number of para-hydroxylation sites is 1. The van der Waals surface area contributed by atoms with Gasteiger partial charge in [-0.2, -0.15) is 5.10 Å². The van der Waals surface area contributed by atoms with Crippen LogP contribution in [0, 0.1) is 18.6 Å². The molecule has 0 spiro atoms. The summed E-state index contributed by atoms with van der Waals surface area (Å²) in [6.45, 7) is 4.39. The van der Waals surface area contributed by atoms with Crippen LogP contribution in [0.4, 0.5) is 19.4 Å². The van der Waals surface area contributed by atoms with Crippen molar-refractivity contribution in [3.8, 4) is 5.69 Å². The fourth-order valence-corrected chi connectivity index (χ4v) is 4.59. The number of hydrogen-bond donors (Lipinski definition) is 2. The summed E-state index contributed by atoms with van der Waals surface area (Å²) in [5.41, 5.74) is 2.78. The van der Waals surface area contributed by atoms with E-state index in [1.54, 1.807) is 18.9 Å². The lowest BCUT2D eigenvalue weighted by Crippen LogP contribution is -2.42. The highest BCUT2D eigenvalue weighted by atomic mass is 19.1. The summed E-state index contributed by atoms with van der Waals surface area (Å²) in [6, 6.07) is 12.2. The van der Waals surface area contributed by atoms with Gasteiger partial charge in [0.15, 0.2) is 0 Å². The van der Waals surface area contributed by atoms with Crippen molar-refractivity contribution in [2.45, 2.75) is 25.5 Å². The number of benzene rings is 2. The number of rotatable bonds is 9. The van der Waals surface area contributed by atoms with E-state index in [4.69, 9.17) is 9.47 Å². The number of anilines is 1. The van der Waals surface area contributed by atoms with E-state index in [0.29, 0.717) is 49.9 Å². The molecule has 0 bridgehead atoms. The van der Waals surface area contributed by atoms with Crippen LogP contribution < -0.4 is 10.6 Å². The quantitative estimate of drug-likeness (QED) is 0.468. The Labute approximate surface area is 209 Å². The zero-order chi connectivity index (χ0) is 25.7. The highest BCUT2D eigenvalue weighted by molar-refractivity contribution is 5.90. The van der Waals surface area contributed by atoms with Gasteiger partial charge >= 0.3 is 6.03 Å². The van der Waals surface area contributed by atoms with Gasteiger partial charge in [-0.1, -0.05) is 18.2 Å². The summed E-state index contributed by atoms with van der Waals surface area (Å²) < 4.78 is 40.1. The molecule has 1 aliphatic rings. The van der Waals surface area contributed by atoms with Crippen LogP contribution in [0.25, 0.3) is 5.69 Å². The Morgan fingerprint density at radius 2 is 1.81 bits per heavy atom. The van der Waals surface area contributed by atoms with Crippen LogP contribution in [-0.4, -0.2) is 67.2 Å². The third kappa shape index (κ3) is 5.89. The number of halogens is 2. The number of amides is 2. The number of likely N-dealkylation sites (tertiary alicyclic amines) is 1. The molecule has 1 aromatic heterocycles. The molecule has 2 aromatic carbocycles. The normalized spacial score (nSPS) is 17.9. The molecule has 0 unspecified atom stereocenters. The Morgan fingerprint density at radius 3 is 2.47 bits per heavy atom. The van der Waals surface area contributed by atoms with Crippen molar-refractivity contribution in [1.82, 2.24) is 20.0 Å². The minimum atomic E-state index is -0.642. The molecule has 0 aliphatic carbocycles. The van der Waals surface area contributed by atoms with Crippen molar-refractivity contribution in [3.05, 3.63) is 77.0 Å². The maximum Gasteiger partial charge on any atom is 0.320 e. The second-order valence-corrected chi connectivity index (χ2v) is 8.87. The molecular weight excluding hydrogens is 468 g/mol. The van der Waals surface area contributed by atoms with Crippen LogP contribution in [0.2, 0.25) is 0 Å². The number of nitrogens with one attached hydrogen (secondary N) is 2. The Hall–Kier alpha value is -3.34. The van der Waals surface area contributed by atoms with Crippen molar-refractivity contribution < 1.29 is 23.0 Å². The first kappa shape index (κ1) is 25.7. The minimum Gasteiger partial charge on any atom is -0.383 e. The van der Waals surface area contributed by atoms with Crippen molar-refractivity contribution in [1.29, 1.82) is 0 Å². The number of ether oxygens (including phenoxy) is 2. The number of methoxy groups -OCH3 is 2. The van der Waals surface area contributed by atoms with Gasteiger partial charge in [0.05, 0.1) is 30.6 Å². The molecule has 0 radical (unpaired) electrons. The molecule has 4 rings (SSSR count). The van der Waals surface area contributed by atoms with E-state index >= 15 is 0 Å². The average molecular weight is 500 g/mol. The zero-order valence-corrected chi connectivity index (χ0v) is 20.6. The predicted octanol–water partition coefficient (Wildman–Crippen LogP) is 3.84. The molecule has 8 nitrogen and oxygen atoms in total. The summed E-state index contributed by atoms with van der Waals surface area (Å²) in [4.78, 5) is 15.3. The summed E-state index contributed by atoms with van der Waals surface area (Å²) in [5.74, 6) is -1.05. The minimum absolute atomic E-state index is 0.290. The van der Waals surface area contributed by atoms with E-state index in [0.717, 1.165) is 17.3 Å². The van der Waals surface area contributed by atoms with Crippen LogP contribution in [0.3, 0.4) is 0 Å². The van der Waals surface area contributed by atoms with Crippen LogP contribution in [0.15, 0.2) is 48.5 Å². The van der Waals surface area contributed by atoms with Gasteiger partial charge in [-0.15, -0.1) is 0 Å². The smallest absolute Gasteiger partial charge is 0.320 e.